The van der Waals surface area contributed by atoms with Crippen molar-refractivity contribution in [3.05, 3.63) is 94.5 Å². The van der Waals surface area contributed by atoms with Crippen LogP contribution in [0.15, 0.2) is 71.7 Å². The Labute approximate surface area is 168 Å². The maximum absolute atomic E-state index is 13.9. The summed E-state index contributed by atoms with van der Waals surface area (Å²) in [6.07, 6.45) is 0. The van der Waals surface area contributed by atoms with Crippen LogP contribution in [0.4, 0.5) is 4.39 Å². The fraction of sp³-hybridized carbons (Fsp3) is 0.167. The van der Waals surface area contributed by atoms with Gasteiger partial charge >= 0.3 is 0 Å². The van der Waals surface area contributed by atoms with Gasteiger partial charge in [-0.15, -0.1) is 0 Å². The fourth-order valence-corrected chi connectivity index (χ4v) is 3.53. The minimum atomic E-state index is -0.489. The molecule has 1 aliphatic heterocycles. The summed E-state index contributed by atoms with van der Waals surface area (Å²) >= 11 is 0. The average molecular weight is 388 g/mol. The second kappa shape index (κ2) is 7.97. The van der Waals surface area contributed by atoms with Crippen LogP contribution in [-0.4, -0.2) is 23.6 Å². The van der Waals surface area contributed by atoms with Crippen LogP contribution in [0.3, 0.4) is 0 Å². The van der Waals surface area contributed by atoms with E-state index < -0.39 is 12.0 Å². The maximum Gasteiger partial charge on any atom is 0.251 e. The molecule has 0 aliphatic carbocycles. The Kier molecular flexibility index (Phi) is 5.23. The molecule has 0 unspecified atom stereocenters. The van der Waals surface area contributed by atoms with Crippen molar-refractivity contribution >= 4 is 11.9 Å². The van der Waals surface area contributed by atoms with Gasteiger partial charge in [-0.1, -0.05) is 54.1 Å². The Morgan fingerprint density at radius 1 is 1.10 bits per heavy atom. The molecular weight excluding hydrogens is 367 g/mol. The molecular formula is C24H21FN2O2. The molecule has 0 saturated carbocycles. The number of nitrogens with one attached hydrogen (secondary N) is 1. The van der Waals surface area contributed by atoms with Crippen molar-refractivity contribution in [3.8, 4) is 11.1 Å². The van der Waals surface area contributed by atoms with Crippen LogP contribution in [0.25, 0.3) is 11.1 Å². The van der Waals surface area contributed by atoms with Gasteiger partial charge < -0.3 is 10.4 Å². The number of rotatable bonds is 5. The van der Waals surface area contributed by atoms with Gasteiger partial charge in [-0.05, 0) is 47.4 Å². The Hall–Kier alpha value is -3.31. The zero-order chi connectivity index (χ0) is 20.4. The largest absolute Gasteiger partial charge is 0.394 e. The molecule has 0 saturated heterocycles. The first kappa shape index (κ1) is 19.0. The molecule has 0 fully saturated rings. The zero-order valence-corrected chi connectivity index (χ0v) is 16.0. The van der Waals surface area contributed by atoms with Crippen LogP contribution >= 0.6 is 0 Å². The molecule has 0 spiro atoms. The van der Waals surface area contributed by atoms with E-state index in [0.717, 1.165) is 27.8 Å². The summed E-state index contributed by atoms with van der Waals surface area (Å²) in [5.74, 6) is -0.721. The van der Waals surface area contributed by atoms with E-state index >= 15 is 0 Å². The fourth-order valence-electron chi connectivity index (χ4n) is 3.53. The summed E-state index contributed by atoms with van der Waals surface area (Å²) in [5.41, 5.74) is 5.40. The van der Waals surface area contributed by atoms with Crippen molar-refractivity contribution in [1.29, 1.82) is 0 Å². The lowest BCUT2D eigenvalue weighted by Gasteiger charge is -2.17. The number of carbonyl (C=O) groups excluding carboxylic acids is 1. The first-order valence-electron chi connectivity index (χ1n) is 9.47. The smallest absolute Gasteiger partial charge is 0.251 e. The van der Waals surface area contributed by atoms with Gasteiger partial charge in [0, 0.05) is 11.1 Å². The topological polar surface area (TPSA) is 61.7 Å². The number of aliphatic imine (C=N–C) groups is 1. The molecule has 1 aliphatic rings. The minimum absolute atomic E-state index is 0.196. The predicted octanol–water partition coefficient (Wildman–Crippen LogP) is 4.36. The highest BCUT2D eigenvalue weighted by Crippen LogP contribution is 2.27. The predicted molar refractivity (Wildman–Crippen MR) is 112 cm³/mol. The van der Waals surface area contributed by atoms with Gasteiger partial charge in [0.1, 0.15) is 0 Å². The van der Waals surface area contributed by atoms with Crippen molar-refractivity contribution < 1.29 is 14.3 Å². The number of halogens is 1. The summed E-state index contributed by atoms with van der Waals surface area (Å²) in [6.45, 7) is 2.14. The van der Waals surface area contributed by atoms with Gasteiger partial charge in [0.15, 0.2) is 0 Å². The summed E-state index contributed by atoms with van der Waals surface area (Å²) < 4.78 is 13.9. The van der Waals surface area contributed by atoms with Gasteiger partial charge in [0.05, 0.1) is 19.2 Å². The molecule has 5 heteroatoms. The molecule has 4 nitrogen and oxygen atoms in total. The number of aliphatic hydroxyl groups excluding tert-OH is 1. The van der Waals surface area contributed by atoms with E-state index in [1.807, 2.05) is 49.4 Å². The van der Waals surface area contributed by atoms with Gasteiger partial charge in [0.25, 0.3) is 5.91 Å². The highest BCUT2D eigenvalue weighted by Gasteiger charge is 2.18. The van der Waals surface area contributed by atoms with E-state index in [1.165, 1.54) is 0 Å². The molecule has 3 aromatic rings. The van der Waals surface area contributed by atoms with Crippen LogP contribution in [-0.2, 0) is 6.54 Å². The number of aliphatic hydroxyl groups is 1. The lowest BCUT2D eigenvalue weighted by molar-refractivity contribution is 0.0916. The normalized spacial score (nSPS) is 13.6. The number of aryl methyl sites for hydroxylation is 1. The van der Waals surface area contributed by atoms with E-state index in [0.29, 0.717) is 17.7 Å². The Bertz CT molecular complexity index is 1110. The number of carbonyl (C=O) groups is 1. The second-order valence-corrected chi connectivity index (χ2v) is 7.18. The Balaban J connectivity index is 1.58. The van der Waals surface area contributed by atoms with E-state index in [4.69, 9.17) is 0 Å². The van der Waals surface area contributed by atoms with Crippen molar-refractivity contribution in [2.24, 2.45) is 4.99 Å². The summed E-state index contributed by atoms with van der Waals surface area (Å²) in [5, 5.41) is 12.6. The van der Waals surface area contributed by atoms with Crippen molar-refractivity contribution in [2.75, 3.05) is 6.61 Å². The number of amides is 1. The van der Waals surface area contributed by atoms with E-state index in [1.54, 1.807) is 24.3 Å². The van der Waals surface area contributed by atoms with Crippen molar-refractivity contribution in [2.45, 2.75) is 19.5 Å². The number of hydrogen-bond donors (Lipinski definition) is 2. The van der Waals surface area contributed by atoms with Gasteiger partial charge in [-0.25, -0.2) is 0 Å². The van der Waals surface area contributed by atoms with Crippen molar-refractivity contribution in [1.82, 2.24) is 5.32 Å². The number of nitrogens with zero attached hydrogens (tertiary/aromatic N) is 1. The maximum atomic E-state index is 13.9. The molecule has 1 amide bonds. The molecule has 146 valence electrons. The molecule has 0 aromatic heterocycles. The van der Waals surface area contributed by atoms with Crippen LogP contribution in [0, 0.1) is 6.92 Å². The number of fused-ring (bicyclic) bond motifs is 1. The molecule has 0 bridgehead atoms. The third-order valence-electron chi connectivity index (χ3n) is 5.11. The molecule has 1 atom stereocenters. The highest BCUT2D eigenvalue weighted by atomic mass is 19.1. The Morgan fingerprint density at radius 2 is 1.90 bits per heavy atom. The average Bonchev–Trinajstić information content (AvgIpc) is 3.12. The van der Waals surface area contributed by atoms with Crippen LogP contribution < -0.4 is 5.32 Å². The van der Waals surface area contributed by atoms with Gasteiger partial charge in [-0.3, -0.25) is 9.79 Å². The first-order valence-corrected chi connectivity index (χ1v) is 9.47. The molecule has 4 rings (SSSR count). The molecule has 1 heterocycles. The SMILES string of the molecule is Cc1cccc([C@H](CO)NC(=O)c2cccc(-c3ccc4c(c3)C(F)=NC4)c2)c1. The molecule has 0 radical (unpaired) electrons. The molecule has 29 heavy (non-hydrogen) atoms. The van der Waals surface area contributed by atoms with E-state index in [9.17, 15) is 14.3 Å². The molecule has 3 aromatic carbocycles. The third kappa shape index (κ3) is 3.96. The lowest BCUT2D eigenvalue weighted by Crippen LogP contribution is -2.30. The van der Waals surface area contributed by atoms with Gasteiger partial charge in [0.2, 0.25) is 5.97 Å². The number of benzene rings is 3. The van der Waals surface area contributed by atoms with Crippen LogP contribution in [0.5, 0.6) is 0 Å². The third-order valence-corrected chi connectivity index (χ3v) is 5.11. The quantitative estimate of drug-likeness (QED) is 0.682. The zero-order valence-electron chi connectivity index (χ0n) is 16.0. The second-order valence-electron chi connectivity index (χ2n) is 7.18. The number of hydrogen-bond acceptors (Lipinski definition) is 3. The minimum Gasteiger partial charge on any atom is -0.394 e. The van der Waals surface area contributed by atoms with Gasteiger partial charge in [-0.2, -0.15) is 4.39 Å². The summed E-state index contributed by atoms with van der Waals surface area (Å²) in [6, 6.07) is 19.9. The van der Waals surface area contributed by atoms with Crippen molar-refractivity contribution in [3.63, 3.8) is 0 Å². The standard InChI is InChI=1S/C24H21FN2O2/c1-15-4-2-6-18(10-15)22(14-28)27-24(29)19-7-3-5-16(11-19)17-8-9-20-13-26-23(25)21(20)12-17/h2-12,22,28H,13-14H2,1H3,(H,27,29)/t22-/m0/s1. The van der Waals surface area contributed by atoms with E-state index in [2.05, 4.69) is 10.3 Å². The highest BCUT2D eigenvalue weighted by molar-refractivity contribution is 5.99. The molecule has 2 N–H and O–H groups in total. The monoisotopic (exact) mass is 388 g/mol. The van der Waals surface area contributed by atoms with Crippen LogP contribution in [0.2, 0.25) is 0 Å². The summed E-state index contributed by atoms with van der Waals surface area (Å²) in [4.78, 5) is 16.6. The Morgan fingerprint density at radius 3 is 2.69 bits per heavy atom. The van der Waals surface area contributed by atoms with E-state index in [-0.39, 0.29) is 12.5 Å². The van der Waals surface area contributed by atoms with Crippen LogP contribution in [0.1, 0.15) is 38.7 Å². The first-order chi connectivity index (χ1) is 14.0. The lowest BCUT2D eigenvalue weighted by atomic mass is 9.98. The summed E-state index contributed by atoms with van der Waals surface area (Å²) in [7, 11) is 0.